The summed E-state index contributed by atoms with van der Waals surface area (Å²) in [5.74, 6) is 0.107. The van der Waals surface area contributed by atoms with Gasteiger partial charge in [-0.2, -0.15) is 0 Å². The van der Waals surface area contributed by atoms with Gasteiger partial charge in [0.05, 0.1) is 18.6 Å². The second kappa shape index (κ2) is 14.8. The minimum absolute atomic E-state index is 0.00111. The van der Waals surface area contributed by atoms with Crippen molar-refractivity contribution in [3.05, 3.63) is 59.7 Å². The normalized spacial score (nSPS) is 12.9. The fourth-order valence-corrected chi connectivity index (χ4v) is 5.26. The molecule has 0 fully saturated rings. The predicted molar refractivity (Wildman–Crippen MR) is 153 cm³/mol. The van der Waals surface area contributed by atoms with Crippen LogP contribution in [-0.2, 0) is 26.2 Å². The molecule has 0 spiro atoms. The Bertz CT molecular complexity index is 1170. The fourth-order valence-electron chi connectivity index (χ4n) is 4.29. The summed E-state index contributed by atoms with van der Waals surface area (Å²) in [6.45, 7) is 10.5. The molecule has 0 heterocycles. The molecule has 0 aliphatic carbocycles. The third-order valence-electron chi connectivity index (χ3n) is 6.41. The molecule has 0 aromatic heterocycles. The van der Waals surface area contributed by atoms with Gasteiger partial charge in [-0.15, -0.1) is 0 Å². The molecule has 2 aromatic carbocycles. The van der Waals surface area contributed by atoms with Crippen molar-refractivity contribution in [3.8, 4) is 5.75 Å². The Labute approximate surface area is 228 Å². The van der Waals surface area contributed by atoms with Crippen molar-refractivity contribution >= 4 is 27.5 Å². The van der Waals surface area contributed by atoms with E-state index >= 15 is 0 Å². The SMILES string of the molecule is CCOc1ccccc1N(CCCC(=O)N(Cc1cccc(C)c1)[C@H](CC)C(=O)N[C@@H](C)CC)S(C)(=O)=O. The Hall–Kier alpha value is -3.07. The van der Waals surface area contributed by atoms with Crippen LogP contribution in [0.25, 0.3) is 0 Å². The van der Waals surface area contributed by atoms with Crippen molar-refractivity contribution in [2.45, 2.75) is 78.9 Å². The van der Waals surface area contributed by atoms with Crippen LogP contribution in [0.5, 0.6) is 5.75 Å². The van der Waals surface area contributed by atoms with E-state index in [1.165, 1.54) is 4.31 Å². The number of carbonyl (C=O) groups is 2. The molecule has 2 rings (SSSR count). The minimum atomic E-state index is -3.62. The molecular weight excluding hydrogens is 502 g/mol. The predicted octanol–water partition coefficient (Wildman–Crippen LogP) is 4.66. The van der Waals surface area contributed by atoms with Gasteiger partial charge in [0.1, 0.15) is 11.8 Å². The Morgan fingerprint density at radius 2 is 1.74 bits per heavy atom. The highest BCUT2D eigenvalue weighted by atomic mass is 32.2. The van der Waals surface area contributed by atoms with Crippen molar-refractivity contribution in [2.75, 3.05) is 23.7 Å². The van der Waals surface area contributed by atoms with E-state index in [2.05, 4.69) is 5.32 Å². The number of benzene rings is 2. The first kappa shape index (κ1) is 31.1. The summed E-state index contributed by atoms with van der Waals surface area (Å²) >= 11 is 0. The van der Waals surface area contributed by atoms with Gasteiger partial charge < -0.3 is 15.0 Å². The van der Waals surface area contributed by atoms with Crippen LogP contribution in [0.4, 0.5) is 5.69 Å². The zero-order valence-corrected chi connectivity index (χ0v) is 24.4. The first-order valence-corrected chi connectivity index (χ1v) is 15.2. The molecule has 0 saturated heterocycles. The summed E-state index contributed by atoms with van der Waals surface area (Å²) in [6, 6.07) is 14.2. The van der Waals surface area contributed by atoms with Gasteiger partial charge in [0.15, 0.2) is 0 Å². The highest BCUT2D eigenvalue weighted by molar-refractivity contribution is 7.92. The molecule has 9 heteroatoms. The van der Waals surface area contributed by atoms with E-state index in [-0.39, 0.29) is 30.8 Å². The number of sulfonamides is 1. The third kappa shape index (κ3) is 9.04. The number of hydrogen-bond acceptors (Lipinski definition) is 5. The molecule has 210 valence electrons. The van der Waals surface area contributed by atoms with E-state index < -0.39 is 16.1 Å². The number of amides is 2. The lowest BCUT2D eigenvalue weighted by Crippen LogP contribution is -2.50. The van der Waals surface area contributed by atoms with Crippen LogP contribution < -0.4 is 14.4 Å². The average molecular weight is 546 g/mol. The van der Waals surface area contributed by atoms with E-state index in [1.54, 1.807) is 29.2 Å². The van der Waals surface area contributed by atoms with Crippen LogP contribution in [-0.4, -0.2) is 56.6 Å². The van der Waals surface area contributed by atoms with E-state index in [1.807, 2.05) is 58.9 Å². The molecule has 8 nitrogen and oxygen atoms in total. The Morgan fingerprint density at radius 1 is 1.03 bits per heavy atom. The average Bonchev–Trinajstić information content (AvgIpc) is 2.86. The van der Waals surface area contributed by atoms with E-state index in [0.29, 0.717) is 37.4 Å². The van der Waals surface area contributed by atoms with Gasteiger partial charge >= 0.3 is 0 Å². The summed E-state index contributed by atoms with van der Waals surface area (Å²) in [6.07, 6.45) is 2.80. The van der Waals surface area contributed by atoms with Crippen molar-refractivity contribution in [1.29, 1.82) is 0 Å². The molecular formula is C29H43N3O5S. The molecule has 0 unspecified atom stereocenters. The number of para-hydroxylation sites is 2. The second-order valence-corrected chi connectivity index (χ2v) is 11.5. The smallest absolute Gasteiger partial charge is 0.243 e. The lowest BCUT2D eigenvalue weighted by Gasteiger charge is -2.32. The van der Waals surface area contributed by atoms with Crippen LogP contribution in [0.3, 0.4) is 0 Å². The quantitative estimate of drug-likeness (QED) is 0.351. The van der Waals surface area contributed by atoms with Gasteiger partial charge in [-0.3, -0.25) is 13.9 Å². The molecule has 38 heavy (non-hydrogen) atoms. The Morgan fingerprint density at radius 3 is 2.34 bits per heavy atom. The first-order chi connectivity index (χ1) is 18.0. The maximum Gasteiger partial charge on any atom is 0.243 e. The molecule has 0 saturated carbocycles. The number of nitrogens with zero attached hydrogens (tertiary/aromatic N) is 2. The number of rotatable bonds is 15. The molecule has 0 bridgehead atoms. The zero-order valence-electron chi connectivity index (χ0n) is 23.6. The lowest BCUT2D eigenvalue weighted by atomic mass is 10.1. The summed E-state index contributed by atoms with van der Waals surface area (Å²) in [5, 5.41) is 3.01. The van der Waals surface area contributed by atoms with Gasteiger partial charge in [-0.05, 0) is 57.7 Å². The Balaban J connectivity index is 2.26. The van der Waals surface area contributed by atoms with Crippen molar-refractivity contribution < 1.29 is 22.7 Å². The maximum atomic E-state index is 13.6. The molecule has 2 amide bonds. The number of anilines is 1. The van der Waals surface area contributed by atoms with Crippen LogP contribution >= 0.6 is 0 Å². The van der Waals surface area contributed by atoms with Crippen molar-refractivity contribution in [3.63, 3.8) is 0 Å². The van der Waals surface area contributed by atoms with E-state index in [9.17, 15) is 18.0 Å². The standard InChI is InChI=1S/C29H43N3O5S/c1-7-23(5)30-29(34)25(8-2)31(21-24-15-12-14-22(4)20-24)28(33)18-13-19-32(38(6,35)36)26-16-10-11-17-27(26)37-9-3/h10-12,14-17,20,23,25H,7-9,13,18-19,21H2,1-6H3,(H,30,34)/t23-,25+/m0/s1. The van der Waals surface area contributed by atoms with E-state index in [4.69, 9.17) is 4.74 Å². The highest BCUT2D eigenvalue weighted by Gasteiger charge is 2.29. The fraction of sp³-hybridized carbons (Fsp3) is 0.517. The number of nitrogens with one attached hydrogen (secondary N) is 1. The van der Waals surface area contributed by atoms with Gasteiger partial charge in [-0.25, -0.2) is 8.42 Å². The number of aryl methyl sites for hydroxylation is 1. The summed E-state index contributed by atoms with van der Waals surface area (Å²) in [5.41, 5.74) is 2.46. The van der Waals surface area contributed by atoms with E-state index in [0.717, 1.165) is 23.8 Å². The third-order valence-corrected chi connectivity index (χ3v) is 7.59. The molecule has 2 atom stereocenters. The van der Waals surface area contributed by atoms with Crippen LogP contribution in [0.15, 0.2) is 48.5 Å². The lowest BCUT2D eigenvalue weighted by molar-refractivity contribution is -0.141. The monoisotopic (exact) mass is 545 g/mol. The van der Waals surface area contributed by atoms with Gasteiger partial charge in [0.2, 0.25) is 21.8 Å². The topological polar surface area (TPSA) is 96.0 Å². The van der Waals surface area contributed by atoms with Crippen molar-refractivity contribution in [2.24, 2.45) is 0 Å². The maximum absolute atomic E-state index is 13.6. The second-order valence-electron chi connectivity index (χ2n) is 9.59. The number of hydrogen-bond donors (Lipinski definition) is 1. The number of ether oxygens (including phenoxy) is 1. The van der Waals surface area contributed by atoms with Crippen LogP contribution in [0.1, 0.15) is 64.5 Å². The molecule has 1 N–H and O–H groups in total. The Kier molecular flexibility index (Phi) is 12.1. The van der Waals surface area contributed by atoms with Gasteiger partial charge in [0, 0.05) is 25.6 Å². The van der Waals surface area contributed by atoms with Gasteiger partial charge in [-0.1, -0.05) is 55.8 Å². The molecule has 0 aliphatic heterocycles. The highest BCUT2D eigenvalue weighted by Crippen LogP contribution is 2.30. The zero-order chi connectivity index (χ0) is 28.3. The first-order valence-electron chi connectivity index (χ1n) is 13.4. The van der Waals surface area contributed by atoms with Crippen molar-refractivity contribution in [1.82, 2.24) is 10.2 Å². The van der Waals surface area contributed by atoms with Crippen LogP contribution in [0, 0.1) is 6.92 Å². The minimum Gasteiger partial charge on any atom is -0.492 e. The summed E-state index contributed by atoms with van der Waals surface area (Å²) in [7, 11) is -3.62. The molecule has 2 aromatic rings. The molecule has 0 aliphatic rings. The number of carbonyl (C=O) groups excluding carboxylic acids is 2. The van der Waals surface area contributed by atoms with Gasteiger partial charge in [0.25, 0.3) is 0 Å². The summed E-state index contributed by atoms with van der Waals surface area (Å²) < 4.78 is 32.3. The summed E-state index contributed by atoms with van der Waals surface area (Å²) in [4.78, 5) is 28.4. The van der Waals surface area contributed by atoms with Crippen LogP contribution in [0.2, 0.25) is 0 Å². The largest absolute Gasteiger partial charge is 0.492 e. The molecule has 0 radical (unpaired) electrons.